The number of fused-ring (bicyclic) bond motifs is 1. The van der Waals surface area contributed by atoms with E-state index in [4.69, 9.17) is 18.3 Å². The molecule has 3 heterocycles. The van der Waals surface area contributed by atoms with Gasteiger partial charge in [0.1, 0.15) is 5.82 Å². The zero-order chi connectivity index (χ0) is 30.0. The molecule has 1 saturated heterocycles. The van der Waals surface area contributed by atoms with Crippen molar-refractivity contribution in [2.24, 2.45) is 0 Å². The fourth-order valence-electron chi connectivity index (χ4n) is 4.81. The number of aliphatic hydroxyl groups is 1. The van der Waals surface area contributed by atoms with Crippen LogP contribution in [0.3, 0.4) is 0 Å². The molecule has 2 aromatic rings. The predicted octanol–water partition coefficient (Wildman–Crippen LogP) is 4.20. The van der Waals surface area contributed by atoms with Crippen LogP contribution in [-0.4, -0.2) is 51.8 Å². The van der Waals surface area contributed by atoms with Gasteiger partial charge in [0.15, 0.2) is 0 Å². The van der Waals surface area contributed by atoms with Crippen molar-refractivity contribution in [2.45, 2.75) is 98.7 Å². The molecule has 2 aliphatic rings. The van der Waals surface area contributed by atoms with Crippen molar-refractivity contribution in [3.8, 4) is 5.75 Å². The summed E-state index contributed by atoms with van der Waals surface area (Å²) in [6, 6.07) is 1.75. The number of aromatic nitrogens is 2. The van der Waals surface area contributed by atoms with E-state index in [9.17, 15) is 19.3 Å². The van der Waals surface area contributed by atoms with Crippen LogP contribution in [0.2, 0.25) is 14.8 Å². The maximum atomic E-state index is 15.5. The molecule has 0 unspecified atom stereocenters. The minimum absolute atomic E-state index is 0.0584. The van der Waals surface area contributed by atoms with Gasteiger partial charge in [0.2, 0.25) is 0 Å². The first-order valence-electron chi connectivity index (χ1n) is 13.4. The van der Waals surface area contributed by atoms with Crippen molar-refractivity contribution < 1.29 is 32.4 Å². The molecule has 4 atom stereocenters. The van der Waals surface area contributed by atoms with Crippen molar-refractivity contribution in [2.75, 3.05) is 6.61 Å². The van der Waals surface area contributed by atoms with Gasteiger partial charge in [-0.2, -0.15) is 0 Å². The van der Waals surface area contributed by atoms with E-state index in [1.807, 2.05) is 41.5 Å². The summed E-state index contributed by atoms with van der Waals surface area (Å²) in [5, 5.41) is 10.7. The van der Waals surface area contributed by atoms with Crippen LogP contribution in [0.5, 0.6) is 5.75 Å². The van der Waals surface area contributed by atoms with E-state index in [2.05, 4.69) is 19.8 Å². The molecule has 0 bridgehead atoms. The predicted molar refractivity (Wildman–Crippen MR) is 152 cm³/mol. The number of hydrogen-bond donors (Lipinski definition) is 2. The third kappa shape index (κ3) is 6.29. The summed E-state index contributed by atoms with van der Waals surface area (Å²) in [5.74, 6) is -0.330. The molecule has 0 radical (unpaired) electrons. The van der Waals surface area contributed by atoms with E-state index in [0.717, 1.165) is 0 Å². The number of rotatable bonds is 5. The number of aromatic amines is 1. The van der Waals surface area contributed by atoms with Crippen molar-refractivity contribution in [1.29, 1.82) is 0 Å². The van der Waals surface area contributed by atoms with Gasteiger partial charge in [-0.05, 0) is 22.5 Å². The third-order valence-electron chi connectivity index (χ3n) is 7.18. The van der Waals surface area contributed by atoms with Gasteiger partial charge in [0.25, 0.3) is 0 Å². The zero-order valence-electron chi connectivity index (χ0n) is 24.6. The fraction of sp³-hybridized carbons (Fsp3) is 0.630. The summed E-state index contributed by atoms with van der Waals surface area (Å²) in [6.45, 7) is 10.9. The average Bonchev–Trinajstić information content (AvgIpc) is 3.15. The molecule has 1 aromatic carbocycles. The van der Waals surface area contributed by atoms with Gasteiger partial charge in [0, 0.05) is 0 Å². The fourth-order valence-corrected chi connectivity index (χ4v) is 9.67. The van der Waals surface area contributed by atoms with Crippen molar-refractivity contribution in [1.82, 2.24) is 9.55 Å². The average molecular weight is 689 g/mol. The van der Waals surface area contributed by atoms with Gasteiger partial charge >= 0.3 is 164 Å². The molecule has 0 aliphatic carbocycles. The maximum absolute atomic E-state index is 15.5. The number of benzene rings is 1. The Balaban J connectivity index is 1.55. The molecule has 2 N–H and O–H groups in total. The summed E-state index contributed by atoms with van der Waals surface area (Å²) in [6.07, 6.45) is -1.27. The molecule has 40 heavy (non-hydrogen) atoms. The summed E-state index contributed by atoms with van der Waals surface area (Å²) >= 11 is -2.86. The first kappa shape index (κ1) is 31.4. The quantitative estimate of drug-likeness (QED) is 0.354. The van der Waals surface area contributed by atoms with Crippen LogP contribution < -0.4 is 19.4 Å². The van der Waals surface area contributed by atoms with Crippen LogP contribution in [-0.2, 0) is 35.8 Å². The minimum atomic E-state index is -4.20. The second-order valence-corrected chi connectivity index (χ2v) is 29.6. The number of H-pyrrole nitrogens is 1. The van der Waals surface area contributed by atoms with E-state index < -0.39 is 72.5 Å². The topological polar surface area (TPSA) is 129 Å². The number of hydrogen-bond acceptors (Lipinski definition) is 8. The van der Waals surface area contributed by atoms with E-state index in [1.54, 1.807) is 6.07 Å². The molecule has 1 aromatic heterocycles. The molecule has 2 aliphatic heterocycles. The number of nitrogens with one attached hydrogen (secondary N) is 1. The van der Waals surface area contributed by atoms with Gasteiger partial charge in [-0.15, -0.1) is 0 Å². The van der Waals surface area contributed by atoms with Gasteiger partial charge < -0.3 is 0 Å². The van der Waals surface area contributed by atoms with Crippen molar-refractivity contribution in [3.63, 3.8) is 0 Å². The first-order valence-corrected chi connectivity index (χ1v) is 24.8. The second kappa shape index (κ2) is 10.6. The molecular weight excluding hydrogens is 649 g/mol. The number of phosphoric acid groups is 1. The van der Waals surface area contributed by atoms with Crippen LogP contribution in [0.4, 0.5) is 4.39 Å². The van der Waals surface area contributed by atoms with Gasteiger partial charge in [-0.3, -0.25) is 0 Å². The number of nitrogens with zero attached hydrogens (tertiary/aromatic N) is 1. The molecule has 10 nitrogen and oxygen atoms in total. The monoisotopic (exact) mass is 690 g/mol. The molecular formula is C27H40FN2O8PSn. The molecule has 0 amide bonds. The van der Waals surface area contributed by atoms with Crippen LogP contribution in [0.25, 0.3) is 0 Å². The second-order valence-electron chi connectivity index (χ2n) is 13.6. The Morgan fingerprint density at radius 1 is 1.15 bits per heavy atom. The number of phosphoric ester groups is 1. The van der Waals surface area contributed by atoms with Gasteiger partial charge in [0.05, 0.1) is 0 Å². The Labute approximate surface area is 237 Å². The summed E-state index contributed by atoms with van der Waals surface area (Å²) in [5.41, 5.74) is -0.610. The Bertz CT molecular complexity index is 1470. The van der Waals surface area contributed by atoms with E-state index in [0.29, 0.717) is 14.7 Å². The van der Waals surface area contributed by atoms with E-state index >= 15 is 4.39 Å². The van der Waals surface area contributed by atoms with Gasteiger partial charge in [-0.25, -0.2) is 4.39 Å². The van der Waals surface area contributed by atoms with Gasteiger partial charge in [-0.1, -0.05) is 41.5 Å². The number of ether oxygens (including phenoxy) is 1. The molecule has 13 heteroatoms. The van der Waals surface area contributed by atoms with Crippen LogP contribution >= 0.6 is 7.82 Å². The molecule has 0 spiro atoms. The number of aliphatic hydroxyl groups excluding tert-OH is 1. The molecule has 1 fully saturated rings. The zero-order valence-corrected chi connectivity index (χ0v) is 28.3. The molecule has 0 saturated carbocycles. The van der Waals surface area contributed by atoms with Crippen LogP contribution in [0, 0.1) is 5.82 Å². The number of halogens is 1. The summed E-state index contributed by atoms with van der Waals surface area (Å²) in [4.78, 5) is 33.4. The van der Waals surface area contributed by atoms with Crippen LogP contribution in [0.1, 0.15) is 70.9 Å². The standard InChI is InChI=1S/C24H31FN2O8P.3CH3.Sn/c1-23(2,3)14-9-15(24(4,5)6)21-13(20(14)25)11-32-36(31,35-21)33-12-17-16(28)10-19(34-17)27-8-7-18(29)26-22(27)30;;;;/h8-9,16-17,19,28H,10-12H2,1-6H3,(H,26,29,30);3*1H3;/t16-,17+,19+,36+;;;;/m0..../s1. The Morgan fingerprint density at radius 3 is 2.35 bits per heavy atom. The van der Waals surface area contributed by atoms with E-state index in [-0.39, 0.29) is 30.9 Å². The van der Waals surface area contributed by atoms with Crippen LogP contribution in [0.15, 0.2) is 21.9 Å². The molecule has 222 valence electrons. The first-order chi connectivity index (χ1) is 18.2. The molecule has 4 rings (SSSR count). The summed E-state index contributed by atoms with van der Waals surface area (Å²) < 4.78 is 53.6. The summed E-state index contributed by atoms with van der Waals surface area (Å²) in [7, 11) is -4.20. The normalized spacial score (nSPS) is 25.5. The Hall–Kier alpha value is -1.50. The van der Waals surface area contributed by atoms with Crippen molar-refractivity contribution >= 4 is 29.8 Å². The Kier molecular flexibility index (Phi) is 8.37. The SMILES string of the molecule is CC(C)(C)c1cc(C(C)(C)C)c2c(c1F)CO[P@](=O)(OC[C@H]1O[C@@H](n3c[c]([Sn]([CH3])([CH3])[CH3])c(=O)[nH]c3=O)C[C@@H]1O)O2. The van der Waals surface area contributed by atoms with E-state index in [1.165, 1.54) is 10.8 Å². The Morgan fingerprint density at radius 2 is 1.77 bits per heavy atom. The third-order valence-corrected chi connectivity index (χ3v) is 14.1. The van der Waals surface area contributed by atoms with Crippen molar-refractivity contribution in [3.05, 3.63) is 55.6 Å².